The molecule has 0 aliphatic heterocycles. The number of hydrogen-bond donors (Lipinski definition) is 2. The molecule has 0 fully saturated rings. The Kier molecular flexibility index (Phi) is 9.36. The third-order valence-electron chi connectivity index (χ3n) is 5.16. The van der Waals surface area contributed by atoms with Crippen LogP contribution in [0.15, 0.2) is 83.8 Å². The van der Waals surface area contributed by atoms with E-state index in [0.29, 0.717) is 23.6 Å². The van der Waals surface area contributed by atoms with Crippen LogP contribution in [-0.4, -0.2) is 37.4 Å². The van der Waals surface area contributed by atoms with Gasteiger partial charge in [0.1, 0.15) is 5.75 Å². The monoisotopic (exact) mass is 511 g/mol. The number of unbranched alkanes of at least 4 members (excludes halogenated alkanes) is 1. The second kappa shape index (κ2) is 12.4. The number of thiocarbonyl (C=S) groups is 1. The van der Waals surface area contributed by atoms with Gasteiger partial charge >= 0.3 is 0 Å². The van der Waals surface area contributed by atoms with E-state index in [0.717, 1.165) is 18.4 Å². The molecule has 184 valence electrons. The highest BCUT2D eigenvalue weighted by atomic mass is 32.2. The summed E-state index contributed by atoms with van der Waals surface area (Å²) in [7, 11) is -2.11. The normalized spacial score (nSPS) is 11.2. The van der Waals surface area contributed by atoms with Gasteiger partial charge < -0.3 is 10.1 Å². The van der Waals surface area contributed by atoms with Gasteiger partial charge in [0.05, 0.1) is 11.5 Å². The molecule has 35 heavy (non-hydrogen) atoms. The van der Waals surface area contributed by atoms with Crippen LogP contribution in [0.25, 0.3) is 0 Å². The molecule has 3 rings (SSSR count). The molecule has 3 aromatic rings. The molecule has 0 aromatic heterocycles. The lowest BCUT2D eigenvalue weighted by Crippen LogP contribution is -2.34. The standard InChI is InChI=1S/C26H29N3O4S2/c1-3-4-17-33-23-12-8-11-21(18-23)25(30)28-26(34)27-22-13-15-24(16-14-22)35(31,32)29(2)19-20-9-6-5-7-10-20/h5-16,18H,3-4,17,19H2,1-2H3,(H2,27,28,30,34). The molecule has 0 spiro atoms. The van der Waals surface area contributed by atoms with Crippen molar-refractivity contribution >= 4 is 38.9 Å². The van der Waals surface area contributed by atoms with E-state index in [2.05, 4.69) is 17.6 Å². The van der Waals surface area contributed by atoms with Crippen LogP contribution in [0, 0.1) is 0 Å². The van der Waals surface area contributed by atoms with Gasteiger partial charge in [-0.1, -0.05) is 49.7 Å². The molecule has 0 aliphatic rings. The van der Waals surface area contributed by atoms with E-state index >= 15 is 0 Å². The minimum atomic E-state index is -3.66. The van der Waals surface area contributed by atoms with E-state index in [1.807, 2.05) is 30.3 Å². The number of anilines is 1. The first-order valence-corrected chi connectivity index (χ1v) is 13.1. The van der Waals surface area contributed by atoms with E-state index < -0.39 is 10.0 Å². The van der Waals surface area contributed by atoms with Gasteiger partial charge in [0, 0.05) is 24.8 Å². The van der Waals surface area contributed by atoms with Crippen molar-refractivity contribution in [1.82, 2.24) is 9.62 Å². The quantitative estimate of drug-likeness (QED) is 0.300. The summed E-state index contributed by atoms with van der Waals surface area (Å²) in [6.45, 7) is 2.94. The lowest BCUT2D eigenvalue weighted by molar-refractivity contribution is 0.0977. The van der Waals surface area contributed by atoms with E-state index in [4.69, 9.17) is 17.0 Å². The van der Waals surface area contributed by atoms with Gasteiger partial charge in [0.25, 0.3) is 5.91 Å². The molecular formula is C26H29N3O4S2. The summed E-state index contributed by atoms with van der Waals surface area (Å²) in [4.78, 5) is 12.7. The molecular weight excluding hydrogens is 482 g/mol. The van der Waals surface area contributed by atoms with Crippen LogP contribution in [0.2, 0.25) is 0 Å². The molecule has 9 heteroatoms. The Bertz CT molecular complexity index is 1250. The Hall–Kier alpha value is -3.27. The number of ether oxygens (including phenoxy) is 1. The van der Waals surface area contributed by atoms with Crippen LogP contribution in [0.4, 0.5) is 5.69 Å². The Labute approximate surface area is 212 Å². The summed E-state index contributed by atoms with van der Waals surface area (Å²) in [6, 6.07) is 22.5. The summed E-state index contributed by atoms with van der Waals surface area (Å²) < 4.78 is 32.7. The molecule has 1 amide bonds. The topological polar surface area (TPSA) is 87.7 Å². The lowest BCUT2D eigenvalue weighted by atomic mass is 10.2. The minimum Gasteiger partial charge on any atom is -0.494 e. The Morgan fingerprint density at radius 2 is 1.71 bits per heavy atom. The maximum atomic E-state index is 12.9. The van der Waals surface area contributed by atoms with Crippen molar-refractivity contribution < 1.29 is 17.9 Å². The third-order valence-corrected chi connectivity index (χ3v) is 7.18. The summed E-state index contributed by atoms with van der Waals surface area (Å²) in [5.74, 6) is 0.254. The third kappa shape index (κ3) is 7.61. The van der Waals surface area contributed by atoms with Gasteiger partial charge in [0.2, 0.25) is 10.0 Å². The van der Waals surface area contributed by atoms with Gasteiger partial charge in [-0.2, -0.15) is 4.31 Å². The van der Waals surface area contributed by atoms with Crippen molar-refractivity contribution in [3.8, 4) is 5.75 Å². The van der Waals surface area contributed by atoms with Crippen molar-refractivity contribution in [2.24, 2.45) is 0 Å². The summed E-state index contributed by atoms with van der Waals surface area (Å²) in [5, 5.41) is 5.64. The first-order chi connectivity index (χ1) is 16.8. The van der Waals surface area contributed by atoms with E-state index in [-0.39, 0.29) is 22.5 Å². The number of carbonyl (C=O) groups is 1. The number of hydrogen-bond acceptors (Lipinski definition) is 5. The highest BCUT2D eigenvalue weighted by Gasteiger charge is 2.21. The zero-order chi connectivity index (χ0) is 25.3. The molecule has 7 nitrogen and oxygen atoms in total. The van der Waals surface area contributed by atoms with E-state index in [1.165, 1.54) is 16.4 Å². The average molecular weight is 512 g/mol. The molecule has 0 radical (unpaired) electrons. The number of rotatable bonds is 10. The largest absolute Gasteiger partial charge is 0.494 e. The zero-order valence-electron chi connectivity index (χ0n) is 19.7. The smallest absolute Gasteiger partial charge is 0.257 e. The van der Waals surface area contributed by atoms with E-state index in [1.54, 1.807) is 43.4 Å². The molecule has 3 aromatic carbocycles. The first kappa shape index (κ1) is 26.3. The van der Waals surface area contributed by atoms with Crippen molar-refractivity contribution in [3.63, 3.8) is 0 Å². The number of nitrogens with zero attached hydrogens (tertiary/aromatic N) is 1. The van der Waals surface area contributed by atoms with Crippen LogP contribution in [0.3, 0.4) is 0 Å². The second-order valence-corrected chi connectivity index (χ2v) is 10.4. The van der Waals surface area contributed by atoms with Crippen LogP contribution in [0.1, 0.15) is 35.7 Å². The predicted octanol–water partition coefficient (Wildman–Crippen LogP) is 4.81. The fourth-order valence-corrected chi connectivity index (χ4v) is 4.58. The lowest BCUT2D eigenvalue weighted by Gasteiger charge is -2.18. The maximum absolute atomic E-state index is 12.9. The zero-order valence-corrected chi connectivity index (χ0v) is 21.4. The molecule has 0 unspecified atom stereocenters. The molecule has 0 saturated carbocycles. The molecule has 0 atom stereocenters. The van der Waals surface area contributed by atoms with Crippen LogP contribution in [-0.2, 0) is 16.6 Å². The molecule has 2 N–H and O–H groups in total. The molecule has 0 heterocycles. The Morgan fingerprint density at radius 3 is 2.40 bits per heavy atom. The number of carbonyl (C=O) groups excluding carboxylic acids is 1. The molecule has 0 saturated heterocycles. The van der Waals surface area contributed by atoms with Crippen molar-refractivity contribution in [2.45, 2.75) is 31.2 Å². The molecule has 0 bridgehead atoms. The van der Waals surface area contributed by atoms with E-state index in [9.17, 15) is 13.2 Å². The highest BCUT2D eigenvalue weighted by Crippen LogP contribution is 2.19. The first-order valence-electron chi connectivity index (χ1n) is 11.2. The number of nitrogens with one attached hydrogen (secondary N) is 2. The maximum Gasteiger partial charge on any atom is 0.257 e. The average Bonchev–Trinajstić information content (AvgIpc) is 2.85. The SMILES string of the molecule is CCCCOc1cccc(C(=O)NC(=S)Nc2ccc(S(=O)(=O)N(C)Cc3ccccc3)cc2)c1. The second-order valence-electron chi connectivity index (χ2n) is 7.91. The van der Waals surface area contributed by atoms with Crippen molar-refractivity contribution in [3.05, 3.63) is 90.0 Å². The van der Waals surface area contributed by atoms with Gasteiger partial charge in [-0.05, 0) is 66.7 Å². The number of amides is 1. The van der Waals surface area contributed by atoms with Crippen LogP contribution < -0.4 is 15.4 Å². The predicted molar refractivity (Wildman–Crippen MR) is 142 cm³/mol. The number of benzene rings is 3. The molecule has 0 aliphatic carbocycles. The van der Waals surface area contributed by atoms with Crippen molar-refractivity contribution in [2.75, 3.05) is 19.0 Å². The minimum absolute atomic E-state index is 0.101. The van der Waals surface area contributed by atoms with Gasteiger partial charge in [-0.15, -0.1) is 0 Å². The highest BCUT2D eigenvalue weighted by molar-refractivity contribution is 7.89. The summed E-state index contributed by atoms with van der Waals surface area (Å²) >= 11 is 5.25. The van der Waals surface area contributed by atoms with Gasteiger partial charge in [0.15, 0.2) is 5.11 Å². The van der Waals surface area contributed by atoms with Gasteiger partial charge in [-0.3, -0.25) is 10.1 Å². The number of sulfonamides is 1. The van der Waals surface area contributed by atoms with Gasteiger partial charge in [-0.25, -0.2) is 8.42 Å². The van der Waals surface area contributed by atoms with Crippen LogP contribution in [0.5, 0.6) is 5.75 Å². The van der Waals surface area contributed by atoms with Crippen LogP contribution >= 0.6 is 12.2 Å². The summed E-state index contributed by atoms with van der Waals surface area (Å²) in [6.07, 6.45) is 1.96. The summed E-state index contributed by atoms with van der Waals surface area (Å²) in [5.41, 5.74) is 1.87. The fourth-order valence-electron chi connectivity index (χ4n) is 3.21. The van der Waals surface area contributed by atoms with Crippen molar-refractivity contribution in [1.29, 1.82) is 0 Å². The fraction of sp³-hybridized carbons (Fsp3) is 0.231. The Morgan fingerprint density at radius 1 is 1.00 bits per heavy atom. The Balaban J connectivity index is 1.57.